The topological polar surface area (TPSA) is 77.8 Å². The van der Waals surface area contributed by atoms with Crippen molar-refractivity contribution < 1.29 is 18.7 Å². The lowest BCUT2D eigenvalue weighted by Gasteiger charge is -2.09. The number of amides is 1. The van der Waals surface area contributed by atoms with E-state index >= 15 is 0 Å². The van der Waals surface area contributed by atoms with Gasteiger partial charge >= 0.3 is 5.63 Å². The highest BCUT2D eigenvalue weighted by atomic mass is 16.5. The Labute approximate surface area is 144 Å². The zero-order chi connectivity index (χ0) is 17.8. The summed E-state index contributed by atoms with van der Waals surface area (Å²) in [6.45, 7) is 0.334. The summed E-state index contributed by atoms with van der Waals surface area (Å²) in [5.41, 5.74) is 0.905. The second-order valence-electron chi connectivity index (χ2n) is 5.37. The molecule has 0 unspecified atom stereocenters. The third-order valence-electron chi connectivity index (χ3n) is 3.81. The van der Waals surface area contributed by atoms with Gasteiger partial charge in [-0.15, -0.1) is 0 Å². The van der Waals surface area contributed by atoms with Gasteiger partial charge in [-0.05, 0) is 29.8 Å². The van der Waals surface area contributed by atoms with Crippen molar-refractivity contribution in [3.05, 3.63) is 70.1 Å². The molecule has 0 aliphatic heterocycles. The van der Waals surface area contributed by atoms with Gasteiger partial charge in [0.05, 0.1) is 19.8 Å². The van der Waals surface area contributed by atoms with Crippen LogP contribution in [-0.2, 0) is 6.54 Å². The third-order valence-corrected chi connectivity index (χ3v) is 3.81. The van der Waals surface area contributed by atoms with E-state index < -0.39 is 5.63 Å². The Morgan fingerprint density at radius 2 is 1.68 bits per heavy atom. The lowest BCUT2D eigenvalue weighted by Crippen LogP contribution is -2.24. The molecule has 1 heterocycles. The second-order valence-corrected chi connectivity index (χ2v) is 5.37. The van der Waals surface area contributed by atoms with Crippen LogP contribution in [0.25, 0.3) is 11.0 Å². The van der Waals surface area contributed by atoms with Crippen LogP contribution in [0, 0.1) is 0 Å². The van der Waals surface area contributed by atoms with E-state index in [1.807, 2.05) is 24.3 Å². The van der Waals surface area contributed by atoms with Gasteiger partial charge in [-0.1, -0.05) is 12.1 Å². The quantitative estimate of drug-likeness (QED) is 0.723. The highest BCUT2D eigenvalue weighted by molar-refractivity contribution is 6.05. The minimum atomic E-state index is -0.588. The minimum absolute atomic E-state index is 0.266. The largest absolute Gasteiger partial charge is 0.497 e. The molecule has 3 rings (SSSR count). The first-order valence-corrected chi connectivity index (χ1v) is 7.64. The van der Waals surface area contributed by atoms with Gasteiger partial charge < -0.3 is 19.2 Å². The van der Waals surface area contributed by atoms with E-state index in [0.29, 0.717) is 23.3 Å². The van der Waals surface area contributed by atoms with Crippen LogP contribution < -0.4 is 20.4 Å². The lowest BCUT2D eigenvalue weighted by atomic mass is 10.1. The van der Waals surface area contributed by atoms with Gasteiger partial charge in [-0.2, -0.15) is 0 Å². The van der Waals surface area contributed by atoms with Crippen molar-refractivity contribution in [1.82, 2.24) is 5.32 Å². The molecule has 0 aliphatic carbocycles. The van der Waals surface area contributed by atoms with E-state index in [2.05, 4.69) is 5.32 Å². The van der Waals surface area contributed by atoms with E-state index in [1.165, 1.54) is 13.2 Å². The average molecular weight is 339 g/mol. The number of hydrogen-bond donors (Lipinski definition) is 1. The maximum absolute atomic E-state index is 12.5. The molecule has 2 aromatic carbocycles. The van der Waals surface area contributed by atoms with E-state index in [-0.39, 0.29) is 11.5 Å². The van der Waals surface area contributed by atoms with Crippen LogP contribution in [0.2, 0.25) is 0 Å². The molecule has 6 nitrogen and oxygen atoms in total. The van der Waals surface area contributed by atoms with Crippen LogP contribution in [0.1, 0.15) is 15.9 Å². The monoisotopic (exact) mass is 339 g/mol. The van der Waals surface area contributed by atoms with Crippen molar-refractivity contribution in [1.29, 1.82) is 0 Å². The summed E-state index contributed by atoms with van der Waals surface area (Å²) in [4.78, 5) is 24.3. The molecule has 0 radical (unpaired) electrons. The number of hydrogen-bond acceptors (Lipinski definition) is 5. The Hall–Kier alpha value is -3.28. The van der Waals surface area contributed by atoms with Crippen molar-refractivity contribution >= 4 is 16.9 Å². The van der Waals surface area contributed by atoms with Gasteiger partial charge in [0.1, 0.15) is 17.1 Å². The fourth-order valence-corrected chi connectivity index (χ4v) is 2.48. The Bertz CT molecular complexity index is 960. The number of carbonyl (C=O) groups excluding carboxylic acids is 1. The predicted octanol–water partition coefficient (Wildman–Crippen LogP) is 2.74. The van der Waals surface area contributed by atoms with Crippen molar-refractivity contribution in [2.45, 2.75) is 6.54 Å². The molecule has 0 saturated heterocycles. The van der Waals surface area contributed by atoms with Crippen LogP contribution in [0.15, 0.2) is 57.7 Å². The fraction of sp³-hybridized carbons (Fsp3) is 0.158. The summed E-state index contributed by atoms with van der Waals surface area (Å²) in [5, 5.41) is 3.36. The number of carbonyl (C=O) groups is 1. The first-order chi connectivity index (χ1) is 12.1. The molecular formula is C19H17NO5. The number of benzene rings is 2. The molecule has 6 heteroatoms. The molecule has 0 bridgehead atoms. The maximum Gasteiger partial charge on any atom is 0.337 e. The summed E-state index contributed by atoms with van der Waals surface area (Å²) < 4.78 is 15.4. The van der Waals surface area contributed by atoms with E-state index in [9.17, 15) is 9.59 Å². The van der Waals surface area contributed by atoms with Crippen molar-refractivity contribution in [2.75, 3.05) is 14.2 Å². The zero-order valence-corrected chi connectivity index (χ0v) is 13.9. The Balaban J connectivity index is 1.84. The summed E-state index contributed by atoms with van der Waals surface area (Å²) >= 11 is 0. The molecular weight excluding hydrogens is 322 g/mol. The molecule has 0 aliphatic rings. The van der Waals surface area contributed by atoms with Crippen LogP contribution in [-0.4, -0.2) is 20.1 Å². The number of rotatable bonds is 5. The van der Waals surface area contributed by atoms with Gasteiger partial charge in [0, 0.05) is 24.1 Å². The standard InChI is InChI=1S/C19H17NO5/c1-23-13-5-3-12(4-6-13)11-20-19(22)16-10-18(21)25-17-9-14(24-2)7-8-15(16)17/h3-10H,11H2,1-2H3,(H,20,22). The molecule has 0 fully saturated rings. The minimum Gasteiger partial charge on any atom is -0.497 e. The summed E-state index contributed by atoms with van der Waals surface area (Å²) in [7, 11) is 3.11. The predicted molar refractivity (Wildman–Crippen MR) is 93.2 cm³/mol. The van der Waals surface area contributed by atoms with Crippen LogP contribution in [0.4, 0.5) is 0 Å². The molecule has 1 aromatic heterocycles. The summed E-state index contributed by atoms with van der Waals surface area (Å²) in [6, 6.07) is 13.5. The van der Waals surface area contributed by atoms with Gasteiger partial charge in [0.15, 0.2) is 0 Å². The van der Waals surface area contributed by atoms with Gasteiger partial charge in [0.25, 0.3) is 5.91 Å². The second kappa shape index (κ2) is 7.09. The highest BCUT2D eigenvalue weighted by Crippen LogP contribution is 2.22. The zero-order valence-electron chi connectivity index (χ0n) is 13.9. The van der Waals surface area contributed by atoms with Crippen molar-refractivity contribution in [2.24, 2.45) is 0 Å². The first kappa shape index (κ1) is 16.6. The van der Waals surface area contributed by atoms with Crippen LogP contribution in [0.3, 0.4) is 0 Å². The average Bonchev–Trinajstić information content (AvgIpc) is 2.65. The van der Waals surface area contributed by atoms with E-state index in [4.69, 9.17) is 13.9 Å². The van der Waals surface area contributed by atoms with Crippen molar-refractivity contribution in [3.63, 3.8) is 0 Å². The molecule has 1 amide bonds. The molecule has 128 valence electrons. The summed E-state index contributed by atoms with van der Waals surface area (Å²) in [5.74, 6) is 0.945. The SMILES string of the molecule is COc1ccc(CNC(=O)c2cc(=O)oc3cc(OC)ccc23)cc1. The van der Waals surface area contributed by atoms with Crippen LogP contribution in [0.5, 0.6) is 11.5 Å². The number of nitrogens with one attached hydrogen (secondary N) is 1. The molecule has 3 aromatic rings. The lowest BCUT2D eigenvalue weighted by molar-refractivity contribution is 0.0952. The maximum atomic E-state index is 12.5. The van der Waals surface area contributed by atoms with Crippen LogP contribution >= 0.6 is 0 Å². The molecule has 25 heavy (non-hydrogen) atoms. The van der Waals surface area contributed by atoms with Gasteiger partial charge in [0.2, 0.25) is 0 Å². The highest BCUT2D eigenvalue weighted by Gasteiger charge is 2.13. The van der Waals surface area contributed by atoms with Crippen molar-refractivity contribution in [3.8, 4) is 11.5 Å². The number of fused-ring (bicyclic) bond motifs is 1. The summed E-state index contributed by atoms with van der Waals surface area (Å²) in [6.07, 6.45) is 0. The first-order valence-electron chi connectivity index (χ1n) is 7.64. The molecule has 0 atom stereocenters. The molecule has 1 N–H and O–H groups in total. The molecule has 0 saturated carbocycles. The Morgan fingerprint density at radius 1 is 1.00 bits per heavy atom. The third kappa shape index (κ3) is 3.63. The van der Waals surface area contributed by atoms with Gasteiger partial charge in [-0.25, -0.2) is 4.79 Å². The van der Waals surface area contributed by atoms with Gasteiger partial charge in [-0.3, -0.25) is 4.79 Å². The number of methoxy groups -OCH3 is 2. The normalized spacial score (nSPS) is 10.5. The smallest absolute Gasteiger partial charge is 0.337 e. The van der Waals surface area contributed by atoms with E-state index in [0.717, 1.165) is 11.3 Å². The number of ether oxygens (including phenoxy) is 2. The Kier molecular flexibility index (Phi) is 4.70. The van der Waals surface area contributed by atoms with E-state index in [1.54, 1.807) is 25.3 Å². The Morgan fingerprint density at radius 3 is 2.36 bits per heavy atom. The fourth-order valence-electron chi connectivity index (χ4n) is 2.48. The molecule has 0 spiro atoms.